The van der Waals surface area contributed by atoms with E-state index in [-0.39, 0.29) is 24.0 Å². The van der Waals surface area contributed by atoms with Crippen LogP contribution in [0.15, 0.2) is 36.4 Å². The molecular formula is C31H39ClF3N3O3. The number of carbonyl (C=O) groups is 2. The molecule has 0 radical (unpaired) electrons. The first-order valence-corrected chi connectivity index (χ1v) is 14.5. The maximum Gasteiger partial charge on any atom is 0.430 e. The Hall–Kier alpha value is -2.78. The minimum absolute atomic E-state index is 0.0110. The number of hydrogen-bond acceptors (Lipinski definition) is 4. The molecule has 224 valence electrons. The van der Waals surface area contributed by atoms with E-state index in [0.29, 0.717) is 35.8 Å². The number of rotatable bonds is 6. The molecule has 10 heteroatoms. The van der Waals surface area contributed by atoms with E-state index in [2.05, 4.69) is 11.0 Å². The molecule has 6 nitrogen and oxygen atoms in total. The quantitative estimate of drug-likeness (QED) is 0.449. The second-order valence-electron chi connectivity index (χ2n) is 11.8. The minimum Gasteiger partial charge on any atom is -0.372 e. The van der Waals surface area contributed by atoms with Gasteiger partial charge in [0, 0.05) is 62.1 Å². The fourth-order valence-electron chi connectivity index (χ4n) is 6.18. The van der Waals surface area contributed by atoms with Crippen LogP contribution in [0, 0.1) is 25.7 Å². The van der Waals surface area contributed by atoms with Crippen LogP contribution in [0.25, 0.3) is 0 Å². The maximum absolute atomic E-state index is 14.1. The van der Waals surface area contributed by atoms with E-state index in [1.165, 1.54) is 6.07 Å². The number of piperidine rings is 2. The number of carbonyl (C=O) groups excluding carboxylic acids is 2. The summed E-state index contributed by atoms with van der Waals surface area (Å²) in [5, 5.41) is 10.9. The van der Waals surface area contributed by atoms with Gasteiger partial charge in [-0.25, -0.2) is 0 Å². The van der Waals surface area contributed by atoms with Crippen molar-refractivity contribution in [3.63, 3.8) is 0 Å². The van der Waals surface area contributed by atoms with Gasteiger partial charge in [0.1, 0.15) is 0 Å². The van der Waals surface area contributed by atoms with Gasteiger partial charge in [0.25, 0.3) is 17.4 Å². The Balaban J connectivity index is 1.32. The fraction of sp³-hybridized carbons (Fsp3) is 0.548. The third-order valence-electron chi connectivity index (χ3n) is 8.57. The van der Waals surface area contributed by atoms with Gasteiger partial charge in [0.05, 0.1) is 0 Å². The standard InChI is InChI=1S/C31H39ClF3N3O3/c1-20-15-24(19-25(32)16-20)30(41,31(33,34)35)29(40)38-13-9-23(10-14-38)18-22-7-11-37(12-8-22)26-5-6-27(21(2)17-26)28(39)36(3)4/h5-6,15-17,19,22-23,41H,7-14,18H2,1-4H3/t30-/m1/s1. The van der Waals surface area contributed by atoms with E-state index in [1.54, 1.807) is 25.9 Å². The molecule has 2 amide bonds. The third kappa shape index (κ3) is 6.67. The average molecular weight is 594 g/mol. The number of benzene rings is 2. The SMILES string of the molecule is Cc1cc(Cl)cc([C@@](O)(C(=O)N2CCC(CC3CCN(c4ccc(C(=O)N(C)C)c(C)c4)CC3)CC2)C(F)(F)F)c1. The lowest BCUT2D eigenvalue weighted by Crippen LogP contribution is -2.57. The number of amides is 2. The lowest BCUT2D eigenvalue weighted by atomic mass is 9.82. The van der Waals surface area contributed by atoms with Crippen molar-refractivity contribution in [3.05, 3.63) is 63.7 Å². The summed E-state index contributed by atoms with van der Waals surface area (Å²) in [7, 11) is 3.48. The van der Waals surface area contributed by atoms with E-state index < -0.39 is 23.2 Å². The van der Waals surface area contributed by atoms with E-state index in [1.807, 2.05) is 19.1 Å². The second-order valence-corrected chi connectivity index (χ2v) is 12.3. The van der Waals surface area contributed by atoms with Crippen molar-refractivity contribution in [1.29, 1.82) is 0 Å². The van der Waals surface area contributed by atoms with Gasteiger partial charge in [0.15, 0.2) is 0 Å². The number of nitrogens with zero attached hydrogens (tertiary/aromatic N) is 3. The zero-order valence-electron chi connectivity index (χ0n) is 24.1. The number of aliphatic hydroxyl groups is 1. The second kappa shape index (κ2) is 12.2. The van der Waals surface area contributed by atoms with Crippen molar-refractivity contribution in [2.24, 2.45) is 11.8 Å². The molecule has 2 aromatic carbocycles. The van der Waals surface area contributed by atoms with Gasteiger partial charge in [-0.15, -0.1) is 0 Å². The number of anilines is 1. The molecule has 0 saturated carbocycles. The van der Waals surface area contributed by atoms with Crippen LogP contribution in [0.5, 0.6) is 0 Å². The molecule has 0 aromatic heterocycles. The highest BCUT2D eigenvalue weighted by Gasteiger charge is 2.62. The zero-order valence-corrected chi connectivity index (χ0v) is 24.9. The highest BCUT2D eigenvalue weighted by atomic mass is 35.5. The third-order valence-corrected chi connectivity index (χ3v) is 8.79. The Bertz CT molecular complexity index is 1250. The summed E-state index contributed by atoms with van der Waals surface area (Å²) in [6, 6.07) is 9.61. The van der Waals surface area contributed by atoms with Gasteiger partial charge in [0.2, 0.25) is 0 Å². The van der Waals surface area contributed by atoms with Crippen molar-refractivity contribution in [2.45, 2.75) is 57.7 Å². The first-order valence-electron chi connectivity index (χ1n) is 14.1. The van der Waals surface area contributed by atoms with Crippen LogP contribution < -0.4 is 4.90 Å². The molecule has 2 aliphatic rings. The Morgan fingerprint density at radius 1 is 0.951 bits per heavy atom. The van der Waals surface area contributed by atoms with Crippen LogP contribution in [-0.4, -0.2) is 73.2 Å². The molecule has 2 aromatic rings. The minimum atomic E-state index is -5.19. The van der Waals surface area contributed by atoms with Crippen molar-refractivity contribution in [3.8, 4) is 0 Å². The average Bonchev–Trinajstić information content (AvgIpc) is 2.91. The first kappa shape index (κ1) is 31.2. The molecule has 2 aliphatic heterocycles. The highest BCUT2D eigenvalue weighted by Crippen LogP contribution is 2.42. The Morgan fingerprint density at radius 2 is 1.54 bits per heavy atom. The fourth-order valence-corrected chi connectivity index (χ4v) is 6.47. The van der Waals surface area contributed by atoms with Crippen LogP contribution in [0.1, 0.15) is 59.2 Å². The van der Waals surface area contributed by atoms with Gasteiger partial charge >= 0.3 is 6.18 Å². The molecule has 0 aliphatic carbocycles. The topological polar surface area (TPSA) is 64.1 Å². The van der Waals surface area contributed by atoms with Crippen LogP contribution >= 0.6 is 11.6 Å². The van der Waals surface area contributed by atoms with Crippen LogP contribution in [-0.2, 0) is 10.4 Å². The normalized spacial score (nSPS) is 18.8. The molecule has 2 saturated heterocycles. The summed E-state index contributed by atoms with van der Waals surface area (Å²) in [5.41, 5.74) is -1.00. The number of aryl methyl sites for hydroxylation is 2. The van der Waals surface area contributed by atoms with Gasteiger partial charge in [-0.05, 0) is 99.2 Å². The molecule has 41 heavy (non-hydrogen) atoms. The maximum atomic E-state index is 14.1. The Labute approximate surface area is 245 Å². The number of hydrogen-bond donors (Lipinski definition) is 1. The Morgan fingerprint density at radius 3 is 2.05 bits per heavy atom. The highest BCUT2D eigenvalue weighted by molar-refractivity contribution is 6.30. The number of halogens is 4. The lowest BCUT2D eigenvalue weighted by Gasteiger charge is -2.40. The van der Waals surface area contributed by atoms with Crippen LogP contribution in [0.3, 0.4) is 0 Å². The van der Waals surface area contributed by atoms with E-state index in [4.69, 9.17) is 11.6 Å². The molecule has 2 heterocycles. The molecule has 2 fully saturated rings. The largest absolute Gasteiger partial charge is 0.430 e. The summed E-state index contributed by atoms with van der Waals surface area (Å²) >= 11 is 5.97. The number of alkyl halides is 3. The van der Waals surface area contributed by atoms with Crippen molar-refractivity contribution in [1.82, 2.24) is 9.80 Å². The van der Waals surface area contributed by atoms with Gasteiger partial charge in [-0.3, -0.25) is 9.59 Å². The van der Waals surface area contributed by atoms with Gasteiger partial charge < -0.3 is 19.8 Å². The summed E-state index contributed by atoms with van der Waals surface area (Å²) in [6.45, 7) is 5.68. The lowest BCUT2D eigenvalue weighted by molar-refractivity contribution is -0.262. The van der Waals surface area contributed by atoms with E-state index in [9.17, 15) is 27.9 Å². The van der Waals surface area contributed by atoms with Gasteiger partial charge in [-0.2, -0.15) is 13.2 Å². The molecule has 1 N–H and O–H groups in total. The molecule has 0 spiro atoms. The van der Waals surface area contributed by atoms with Crippen molar-refractivity contribution in [2.75, 3.05) is 45.2 Å². The molecule has 0 unspecified atom stereocenters. The summed E-state index contributed by atoms with van der Waals surface area (Å²) in [6.07, 6.45) is -0.976. The van der Waals surface area contributed by atoms with Crippen molar-refractivity contribution >= 4 is 29.1 Å². The number of likely N-dealkylation sites (tertiary alicyclic amines) is 1. The van der Waals surface area contributed by atoms with Crippen molar-refractivity contribution < 1.29 is 27.9 Å². The predicted molar refractivity (Wildman–Crippen MR) is 154 cm³/mol. The predicted octanol–water partition coefficient (Wildman–Crippen LogP) is 5.95. The molecular weight excluding hydrogens is 555 g/mol. The van der Waals surface area contributed by atoms with Crippen LogP contribution in [0.2, 0.25) is 5.02 Å². The molecule has 4 rings (SSSR count). The van der Waals surface area contributed by atoms with E-state index in [0.717, 1.165) is 60.6 Å². The van der Waals surface area contributed by atoms with Crippen LogP contribution in [0.4, 0.5) is 18.9 Å². The molecule has 1 atom stereocenters. The van der Waals surface area contributed by atoms with Gasteiger partial charge in [-0.1, -0.05) is 17.7 Å². The first-order chi connectivity index (χ1) is 19.2. The van der Waals surface area contributed by atoms with E-state index >= 15 is 0 Å². The smallest absolute Gasteiger partial charge is 0.372 e. The monoisotopic (exact) mass is 593 g/mol. The summed E-state index contributed by atoms with van der Waals surface area (Å²) in [4.78, 5) is 30.6. The Kier molecular flexibility index (Phi) is 9.29. The molecule has 0 bridgehead atoms. The summed E-state index contributed by atoms with van der Waals surface area (Å²) < 4.78 is 42.4. The zero-order chi connectivity index (χ0) is 30.1. The summed E-state index contributed by atoms with van der Waals surface area (Å²) in [5.74, 6) is -0.521.